The molecule has 0 atom stereocenters. The lowest BCUT2D eigenvalue weighted by Crippen LogP contribution is -2.13. The zero-order valence-electron chi connectivity index (χ0n) is 12.2. The normalized spacial score (nSPS) is 10.9. The van der Waals surface area contributed by atoms with Crippen LogP contribution in [0, 0.1) is 0 Å². The first kappa shape index (κ1) is 14.6. The molecule has 0 saturated heterocycles. The van der Waals surface area contributed by atoms with Crippen LogP contribution in [0.25, 0.3) is 10.9 Å². The molecular weight excluding hydrogens is 252 g/mol. The first-order valence-electron chi connectivity index (χ1n) is 7.10. The molecule has 1 aromatic carbocycles. The summed E-state index contributed by atoms with van der Waals surface area (Å²) in [5.41, 5.74) is 2.56. The molecular formula is C16H22N2O2. The van der Waals surface area contributed by atoms with Crippen molar-refractivity contribution in [2.45, 2.75) is 32.9 Å². The SMILES string of the molecule is CCNCc1cccc2ccn(CCCC(=O)OC)c12. The van der Waals surface area contributed by atoms with Gasteiger partial charge in [-0.25, -0.2) is 0 Å². The number of benzene rings is 1. The van der Waals surface area contributed by atoms with Crippen molar-refractivity contribution in [3.8, 4) is 0 Å². The molecule has 0 saturated carbocycles. The van der Waals surface area contributed by atoms with Gasteiger partial charge >= 0.3 is 5.97 Å². The Morgan fingerprint density at radius 3 is 2.95 bits per heavy atom. The van der Waals surface area contributed by atoms with Crippen molar-refractivity contribution in [2.75, 3.05) is 13.7 Å². The van der Waals surface area contributed by atoms with Gasteiger partial charge in [-0.15, -0.1) is 0 Å². The summed E-state index contributed by atoms with van der Waals surface area (Å²) in [6.45, 7) is 4.77. The van der Waals surface area contributed by atoms with Gasteiger partial charge in [0.1, 0.15) is 0 Å². The van der Waals surface area contributed by atoms with Crippen LogP contribution < -0.4 is 5.32 Å². The summed E-state index contributed by atoms with van der Waals surface area (Å²) in [6.07, 6.45) is 3.36. The zero-order chi connectivity index (χ0) is 14.4. The van der Waals surface area contributed by atoms with Crippen LogP contribution in [-0.4, -0.2) is 24.2 Å². The van der Waals surface area contributed by atoms with Crippen molar-refractivity contribution in [1.29, 1.82) is 0 Å². The van der Waals surface area contributed by atoms with Crippen molar-refractivity contribution >= 4 is 16.9 Å². The second-order valence-electron chi connectivity index (χ2n) is 4.82. The molecule has 0 bridgehead atoms. The number of nitrogens with zero attached hydrogens (tertiary/aromatic N) is 1. The van der Waals surface area contributed by atoms with Crippen LogP contribution in [0.2, 0.25) is 0 Å². The Labute approximate surface area is 119 Å². The van der Waals surface area contributed by atoms with Crippen LogP contribution in [0.1, 0.15) is 25.3 Å². The van der Waals surface area contributed by atoms with Crippen molar-refractivity contribution in [3.63, 3.8) is 0 Å². The van der Waals surface area contributed by atoms with E-state index in [4.69, 9.17) is 0 Å². The number of hydrogen-bond acceptors (Lipinski definition) is 3. The average molecular weight is 274 g/mol. The molecule has 0 amide bonds. The number of nitrogens with one attached hydrogen (secondary N) is 1. The van der Waals surface area contributed by atoms with E-state index in [0.29, 0.717) is 6.42 Å². The molecule has 1 heterocycles. The van der Waals surface area contributed by atoms with Gasteiger partial charge in [0.2, 0.25) is 0 Å². The summed E-state index contributed by atoms with van der Waals surface area (Å²) >= 11 is 0. The topological polar surface area (TPSA) is 43.3 Å². The summed E-state index contributed by atoms with van der Waals surface area (Å²) in [5.74, 6) is -0.144. The number of carbonyl (C=O) groups excluding carboxylic acids is 1. The second kappa shape index (κ2) is 7.10. The van der Waals surface area contributed by atoms with Gasteiger partial charge in [0.05, 0.1) is 12.6 Å². The minimum absolute atomic E-state index is 0.144. The summed E-state index contributed by atoms with van der Waals surface area (Å²) in [5, 5.41) is 4.62. The van der Waals surface area contributed by atoms with Gasteiger partial charge in [-0.1, -0.05) is 25.1 Å². The first-order chi connectivity index (χ1) is 9.76. The molecule has 0 aliphatic carbocycles. The lowest BCUT2D eigenvalue weighted by atomic mass is 10.1. The van der Waals surface area contributed by atoms with E-state index in [2.05, 4.69) is 52.0 Å². The summed E-state index contributed by atoms with van der Waals surface area (Å²) in [6, 6.07) is 8.50. The van der Waals surface area contributed by atoms with E-state index in [1.165, 1.54) is 23.6 Å². The van der Waals surface area contributed by atoms with E-state index >= 15 is 0 Å². The van der Waals surface area contributed by atoms with Crippen LogP contribution in [0.3, 0.4) is 0 Å². The van der Waals surface area contributed by atoms with Gasteiger partial charge in [0.25, 0.3) is 0 Å². The van der Waals surface area contributed by atoms with Crippen LogP contribution >= 0.6 is 0 Å². The Balaban J connectivity index is 2.14. The number of para-hydroxylation sites is 1. The molecule has 0 aliphatic heterocycles. The van der Waals surface area contributed by atoms with E-state index in [1.807, 2.05) is 0 Å². The van der Waals surface area contributed by atoms with Crippen molar-refractivity contribution in [3.05, 3.63) is 36.0 Å². The van der Waals surface area contributed by atoms with Gasteiger partial charge < -0.3 is 14.6 Å². The Morgan fingerprint density at radius 1 is 1.35 bits per heavy atom. The highest BCUT2D eigenvalue weighted by Gasteiger charge is 2.07. The number of aromatic nitrogens is 1. The molecule has 0 radical (unpaired) electrons. The smallest absolute Gasteiger partial charge is 0.305 e. The van der Waals surface area contributed by atoms with Crippen LogP contribution in [0.5, 0.6) is 0 Å². The number of esters is 1. The van der Waals surface area contributed by atoms with Gasteiger partial charge in [-0.3, -0.25) is 4.79 Å². The van der Waals surface area contributed by atoms with Gasteiger partial charge in [-0.2, -0.15) is 0 Å². The fraction of sp³-hybridized carbons (Fsp3) is 0.438. The molecule has 4 nitrogen and oxygen atoms in total. The van der Waals surface area contributed by atoms with E-state index < -0.39 is 0 Å². The van der Waals surface area contributed by atoms with E-state index in [9.17, 15) is 4.79 Å². The van der Waals surface area contributed by atoms with E-state index in [-0.39, 0.29) is 5.97 Å². The predicted octanol–water partition coefficient (Wildman–Crippen LogP) is 2.70. The van der Waals surface area contributed by atoms with Crippen LogP contribution in [-0.2, 0) is 22.6 Å². The summed E-state index contributed by atoms with van der Waals surface area (Å²) < 4.78 is 6.90. The second-order valence-corrected chi connectivity index (χ2v) is 4.82. The number of ether oxygens (including phenoxy) is 1. The molecule has 1 aromatic heterocycles. The Bertz CT molecular complexity index is 575. The number of fused-ring (bicyclic) bond motifs is 1. The number of hydrogen-bond donors (Lipinski definition) is 1. The maximum Gasteiger partial charge on any atom is 0.305 e. The largest absolute Gasteiger partial charge is 0.469 e. The molecule has 0 aliphatic rings. The maximum atomic E-state index is 11.2. The van der Waals surface area contributed by atoms with Gasteiger partial charge in [0.15, 0.2) is 0 Å². The zero-order valence-corrected chi connectivity index (χ0v) is 12.2. The average Bonchev–Trinajstić information content (AvgIpc) is 2.89. The van der Waals surface area contributed by atoms with Crippen molar-refractivity contribution in [1.82, 2.24) is 9.88 Å². The van der Waals surface area contributed by atoms with Crippen molar-refractivity contribution in [2.24, 2.45) is 0 Å². The monoisotopic (exact) mass is 274 g/mol. The number of carbonyl (C=O) groups is 1. The van der Waals surface area contributed by atoms with Gasteiger partial charge in [-0.05, 0) is 30.0 Å². The van der Waals surface area contributed by atoms with E-state index in [0.717, 1.165) is 26.1 Å². The van der Waals surface area contributed by atoms with Gasteiger partial charge in [0, 0.05) is 25.7 Å². The Kier molecular flexibility index (Phi) is 5.18. The molecule has 0 unspecified atom stereocenters. The standard InChI is InChI=1S/C16H22N2O2/c1-3-17-12-14-7-4-6-13-9-11-18(16(13)14)10-5-8-15(19)20-2/h4,6-7,9,11,17H,3,5,8,10,12H2,1-2H3. The number of rotatable bonds is 7. The minimum Gasteiger partial charge on any atom is -0.469 e. The lowest BCUT2D eigenvalue weighted by Gasteiger charge is -2.10. The molecule has 108 valence electrons. The number of aryl methyl sites for hydroxylation is 1. The molecule has 1 N–H and O–H groups in total. The molecule has 0 fully saturated rings. The fourth-order valence-corrected chi connectivity index (χ4v) is 2.43. The predicted molar refractivity (Wildman–Crippen MR) is 80.6 cm³/mol. The molecule has 0 spiro atoms. The lowest BCUT2D eigenvalue weighted by molar-refractivity contribution is -0.140. The molecule has 2 aromatic rings. The molecule has 20 heavy (non-hydrogen) atoms. The molecule has 2 rings (SSSR count). The number of methoxy groups -OCH3 is 1. The van der Waals surface area contributed by atoms with Crippen LogP contribution in [0.15, 0.2) is 30.5 Å². The maximum absolute atomic E-state index is 11.2. The summed E-state index contributed by atoms with van der Waals surface area (Å²) in [7, 11) is 1.43. The quantitative estimate of drug-likeness (QED) is 0.789. The fourth-order valence-electron chi connectivity index (χ4n) is 2.43. The third-order valence-electron chi connectivity index (χ3n) is 3.45. The first-order valence-corrected chi connectivity index (χ1v) is 7.10. The highest BCUT2D eigenvalue weighted by Crippen LogP contribution is 2.21. The van der Waals surface area contributed by atoms with Crippen molar-refractivity contribution < 1.29 is 9.53 Å². The Morgan fingerprint density at radius 2 is 2.20 bits per heavy atom. The van der Waals surface area contributed by atoms with E-state index in [1.54, 1.807) is 0 Å². The highest BCUT2D eigenvalue weighted by atomic mass is 16.5. The summed E-state index contributed by atoms with van der Waals surface area (Å²) in [4.78, 5) is 11.2. The minimum atomic E-state index is -0.144. The third kappa shape index (κ3) is 3.39. The molecule has 4 heteroatoms. The Hall–Kier alpha value is -1.81. The third-order valence-corrected chi connectivity index (χ3v) is 3.45. The van der Waals surface area contributed by atoms with Crippen LogP contribution in [0.4, 0.5) is 0 Å². The highest BCUT2D eigenvalue weighted by molar-refractivity contribution is 5.83.